The van der Waals surface area contributed by atoms with Crippen LogP contribution < -0.4 is 0 Å². The van der Waals surface area contributed by atoms with Crippen LogP contribution in [0.15, 0.2) is 0 Å². The Hall–Kier alpha value is 0.901. The summed E-state index contributed by atoms with van der Waals surface area (Å²) in [7, 11) is -14.9. The van der Waals surface area contributed by atoms with E-state index in [1.807, 2.05) is 41.5 Å². The first-order valence-electron chi connectivity index (χ1n) is 13.4. The molecule has 0 spiro atoms. The Bertz CT molecular complexity index is 551. The average molecular weight is 621 g/mol. The summed E-state index contributed by atoms with van der Waals surface area (Å²) in [5.41, 5.74) is 0. The second-order valence-corrected chi connectivity index (χ2v) is 27.3. The van der Waals surface area contributed by atoms with Crippen molar-refractivity contribution in [3.05, 3.63) is 0 Å². The molecule has 1 fully saturated rings. The molecular weight excluding hydrogens is 569 g/mol. The largest absolute Gasteiger partial charge is 0.500 e. The maximum absolute atomic E-state index is 7.00. The molecular formula is C20H52O10Si6. The van der Waals surface area contributed by atoms with Gasteiger partial charge in [-0.15, -0.1) is 0 Å². The summed E-state index contributed by atoms with van der Waals surface area (Å²) in [5.74, 6) is 0. The van der Waals surface area contributed by atoms with Crippen molar-refractivity contribution in [2.75, 3.05) is 39.6 Å². The minimum Gasteiger partial charge on any atom is -0.420 e. The molecule has 0 aliphatic carbocycles. The van der Waals surface area contributed by atoms with E-state index >= 15 is 0 Å². The summed E-state index contributed by atoms with van der Waals surface area (Å²) in [6.07, 6.45) is 0. The topological polar surface area (TPSA) is 92.3 Å². The first-order chi connectivity index (χ1) is 16.9. The number of hydrogen-bond donors (Lipinski definition) is 0. The van der Waals surface area contributed by atoms with Crippen molar-refractivity contribution in [2.45, 2.75) is 91.9 Å². The van der Waals surface area contributed by atoms with Crippen LogP contribution in [0.4, 0.5) is 0 Å². The van der Waals surface area contributed by atoms with Gasteiger partial charge in [-0.2, -0.15) is 0 Å². The van der Waals surface area contributed by atoms with E-state index in [4.69, 9.17) is 43.0 Å². The van der Waals surface area contributed by atoms with Gasteiger partial charge >= 0.3 is 43.3 Å². The molecule has 1 aliphatic rings. The van der Waals surface area contributed by atoms with Crippen LogP contribution in [0.1, 0.15) is 41.5 Å². The summed E-state index contributed by atoms with van der Waals surface area (Å²) >= 11 is 0. The van der Waals surface area contributed by atoms with Crippen LogP contribution in [-0.4, -0.2) is 92.9 Å². The van der Waals surface area contributed by atoms with Gasteiger partial charge in [0.1, 0.15) is 0 Å². The lowest BCUT2D eigenvalue weighted by Crippen LogP contribution is -2.62. The van der Waals surface area contributed by atoms with Crippen molar-refractivity contribution in [2.24, 2.45) is 0 Å². The second-order valence-electron chi connectivity index (χ2n) is 9.29. The lowest BCUT2D eigenvalue weighted by Gasteiger charge is -2.45. The molecule has 0 bridgehead atoms. The Balaban J connectivity index is 3.35. The Morgan fingerprint density at radius 1 is 0.528 bits per heavy atom. The predicted molar refractivity (Wildman–Crippen MR) is 154 cm³/mol. The van der Waals surface area contributed by atoms with Crippen molar-refractivity contribution >= 4 is 53.3 Å². The molecule has 36 heavy (non-hydrogen) atoms. The van der Waals surface area contributed by atoms with Crippen LogP contribution in [0.3, 0.4) is 0 Å². The van der Waals surface area contributed by atoms with E-state index in [1.54, 1.807) is 0 Å². The van der Waals surface area contributed by atoms with Gasteiger partial charge in [0.05, 0.1) is 0 Å². The van der Waals surface area contributed by atoms with E-state index in [-0.39, 0.29) is 0 Å². The maximum Gasteiger partial charge on any atom is 0.500 e. The van der Waals surface area contributed by atoms with Gasteiger partial charge < -0.3 is 43.0 Å². The number of rotatable bonds is 18. The molecule has 1 saturated heterocycles. The Kier molecular flexibility index (Phi) is 15.8. The SMILES string of the molecule is CCO[Si](CC[Si]1(CC[Si](OCC)(OCC)OCC)O[SiH2]O[Si](C)(C)O[Si](C)(C)O1)(OCC)OCC. The van der Waals surface area contributed by atoms with Gasteiger partial charge in [0.25, 0.3) is 10.0 Å². The summed E-state index contributed by atoms with van der Waals surface area (Å²) in [4.78, 5) is 0. The Labute approximate surface area is 227 Å². The normalized spacial score (nSPS) is 20.8. The summed E-state index contributed by atoms with van der Waals surface area (Å²) in [5, 5.41) is 0. The lowest BCUT2D eigenvalue weighted by atomic mass is 10.9. The van der Waals surface area contributed by atoms with E-state index < -0.39 is 53.3 Å². The summed E-state index contributed by atoms with van der Waals surface area (Å²) in [6, 6.07) is 2.54. The van der Waals surface area contributed by atoms with Crippen LogP contribution in [0, 0.1) is 0 Å². The van der Waals surface area contributed by atoms with Crippen molar-refractivity contribution < 1.29 is 43.0 Å². The van der Waals surface area contributed by atoms with E-state index in [1.165, 1.54) is 0 Å². The molecule has 0 N–H and O–H groups in total. The standard InChI is InChI=1S/C20H52O10Si6/c1-11-21-35(22-12-2,23-13-3)19-17-34(18-20-36(24-14-4,25-15-5)26-16-6)28-31-27-32(7,8)29-33(9,10)30-34/h11-20,31H2,1-10H3. The first kappa shape index (κ1) is 34.9. The van der Waals surface area contributed by atoms with Crippen LogP contribution >= 0.6 is 0 Å². The van der Waals surface area contributed by atoms with Crippen molar-refractivity contribution in [3.63, 3.8) is 0 Å². The minimum atomic E-state index is -2.90. The van der Waals surface area contributed by atoms with Crippen molar-refractivity contribution in [3.8, 4) is 0 Å². The van der Waals surface area contributed by atoms with Gasteiger partial charge in [-0.25, -0.2) is 0 Å². The van der Waals surface area contributed by atoms with E-state index in [9.17, 15) is 0 Å². The molecule has 0 saturated carbocycles. The highest BCUT2D eigenvalue weighted by Gasteiger charge is 2.54. The van der Waals surface area contributed by atoms with Crippen molar-refractivity contribution in [1.29, 1.82) is 0 Å². The summed E-state index contributed by atoms with van der Waals surface area (Å²) < 4.78 is 63.5. The molecule has 16 heteroatoms. The van der Waals surface area contributed by atoms with E-state index in [0.717, 1.165) is 0 Å². The third-order valence-electron chi connectivity index (χ3n) is 5.46. The van der Waals surface area contributed by atoms with Gasteiger partial charge in [-0.05, 0) is 79.8 Å². The van der Waals surface area contributed by atoms with Gasteiger partial charge in [0, 0.05) is 51.7 Å². The highest BCUT2D eigenvalue weighted by molar-refractivity contribution is 6.89. The monoisotopic (exact) mass is 620 g/mol. The lowest BCUT2D eigenvalue weighted by molar-refractivity contribution is 0.0713. The summed E-state index contributed by atoms with van der Waals surface area (Å²) in [6.45, 7) is 23.3. The molecule has 0 amide bonds. The Morgan fingerprint density at radius 2 is 0.889 bits per heavy atom. The molecule has 0 aromatic rings. The molecule has 216 valence electrons. The zero-order valence-corrected chi connectivity index (χ0v) is 30.8. The Morgan fingerprint density at radius 3 is 1.22 bits per heavy atom. The molecule has 1 rings (SSSR count). The molecule has 10 nitrogen and oxygen atoms in total. The fourth-order valence-electron chi connectivity index (χ4n) is 4.46. The van der Waals surface area contributed by atoms with E-state index in [2.05, 4.69) is 26.2 Å². The molecule has 0 radical (unpaired) electrons. The fraction of sp³-hybridized carbons (Fsp3) is 1.00. The molecule has 0 atom stereocenters. The first-order valence-corrected chi connectivity index (χ1v) is 26.3. The van der Waals surface area contributed by atoms with Gasteiger partial charge in [-0.1, -0.05) is 0 Å². The predicted octanol–water partition coefficient (Wildman–Crippen LogP) is 4.01. The third kappa shape index (κ3) is 11.6. The molecule has 0 unspecified atom stereocenters. The van der Waals surface area contributed by atoms with E-state index in [0.29, 0.717) is 63.8 Å². The van der Waals surface area contributed by atoms with Crippen LogP contribution in [0.5, 0.6) is 0 Å². The minimum absolute atomic E-state index is 0.526. The average Bonchev–Trinajstić information content (AvgIpc) is 2.75. The number of hydrogen-bond acceptors (Lipinski definition) is 10. The third-order valence-corrected chi connectivity index (χ3v) is 27.8. The highest BCUT2D eigenvalue weighted by Crippen LogP contribution is 2.36. The van der Waals surface area contributed by atoms with Crippen LogP contribution in [0.25, 0.3) is 0 Å². The van der Waals surface area contributed by atoms with Crippen LogP contribution in [0.2, 0.25) is 50.4 Å². The molecule has 0 aromatic heterocycles. The molecule has 0 aromatic carbocycles. The quantitative estimate of drug-likeness (QED) is 0.209. The molecule has 1 heterocycles. The van der Waals surface area contributed by atoms with Gasteiger partial charge in [-0.3, -0.25) is 0 Å². The van der Waals surface area contributed by atoms with Gasteiger partial charge in [0.15, 0.2) is 0 Å². The van der Waals surface area contributed by atoms with Crippen molar-refractivity contribution in [1.82, 2.24) is 0 Å². The zero-order chi connectivity index (χ0) is 27.3. The van der Waals surface area contributed by atoms with Gasteiger partial charge in [0.2, 0.25) is 0 Å². The smallest absolute Gasteiger partial charge is 0.420 e. The molecule has 1 aliphatic heterocycles. The van der Waals surface area contributed by atoms with Crippen LogP contribution in [-0.2, 0) is 43.0 Å². The zero-order valence-electron chi connectivity index (χ0n) is 24.4. The highest BCUT2D eigenvalue weighted by atomic mass is 28.5. The maximum atomic E-state index is 7.00. The second kappa shape index (κ2) is 16.2. The fourth-order valence-corrected chi connectivity index (χ4v) is 29.3.